The zero-order valence-corrected chi connectivity index (χ0v) is 16.3. The van der Waals surface area contributed by atoms with Gasteiger partial charge in [0.25, 0.3) is 11.8 Å². The Morgan fingerprint density at radius 2 is 2.04 bits per heavy atom. The van der Waals surface area contributed by atoms with Crippen molar-refractivity contribution in [2.75, 3.05) is 39.5 Å². The number of rotatable bonds is 7. The first kappa shape index (κ1) is 20.7. The van der Waals surface area contributed by atoms with Crippen molar-refractivity contribution in [2.45, 2.75) is 25.7 Å². The lowest BCUT2D eigenvalue weighted by Crippen LogP contribution is -2.58. The van der Waals surface area contributed by atoms with Crippen molar-refractivity contribution in [3.63, 3.8) is 0 Å². The molecule has 0 radical (unpaired) electrons. The van der Waals surface area contributed by atoms with Crippen LogP contribution in [0.4, 0.5) is 0 Å². The van der Waals surface area contributed by atoms with E-state index in [1.807, 2.05) is 11.8 Å². The molecule has 0 saturated carbocycles. The van der Waals surface area contributed by atoms with E-state index in [4.69, 9.17) is 15.2 Å². The third-order valence-electron chi connectivity index (χ3n) is 4.70. The number of fused-ring (bicyclic) bond motifs is 1. The summed E-state index contributed by atoms with van der Waals surface area (Å²) in [6.07, 6.45) is -0.568. The fourth-order valence-corrected chi connectivity index (χ4v) is 4.63. The number of nitrogens with one attached hydrogen (secondary N) is 2. The SMILES string of the molecule is CCNC(C(=O)NC1COCc2sc(C(N)=O)c(C(=O)O)c21)N1CCOCC1. The van der Waals surface area contributed by atoms with Crippen molar-refractivity contribution >= 4 is 29.1 Å². The topological polar surface area (TPSA) is 143 Å². The van der Waals surface area contributed by atoms with Gasteiger partial charge >= 0.3 is 5.97 Å². The van der Waals surface area contributed by atoms with Crippen LogP contribution in [0.15, 0.2) is 0 Å². The van der Waals surface area contributed by atoms with Crippen molar-refractivity contribution in [3.8, 4) is 0 Å². The van der Waals surface area contributed by atoms with E-state index in [9.17, 15) is 19.5 Å². The molecule has 2 aliphatic rings. The number of likely N-dealkylation sites (N-methyl/N-ethyl adjacent to an activating group) is 1. The highest BCUT2D eigenvalue weighted by atomic mass is 32.1. The monoisotopic (exact) mass is 412 g/mol. The third kappa shape index (κ3) is 4.18. The molecule has 154 valence electrons. The molecule has 1 aromatic heterocycles. The molecule has 0 bridgehead atoms. The van der Waals surface area contributed by atoms with Crippen molar-refractivity contribution in [1.82, 2.24) is 15.5 Å². The fraction of sp³-hybridized carbons (Fsp3) is 0.588. The van der Waals surface area contributed by atoms with Gasteiger partial charge in [-0.15, -0.1) is 11.3 Å². The van der Waals surface area contributed by atoms with Gasteiger partial charge in [-0.05, 0) is 6.54 Å². The second-order valence-corrected chi connectivity index (χ2v) is 7.60. The number of carbonyl (C=O) groups excluding carboxylic acids is 2. The largest absolute Gasteiger partial charge is 0.478 e. The zero-order valence-electron chi connectivity index (χ0n) is 15.5. The van der Waals surface area contributed by atoms with Gasteiger partial charge in [-0.1, -0.05) is 6.92 Å². The number of nitrogens with two attached hydrogens (primary N) is 1. The van der Waals surface area contributed by atoms with Crippen LogP contribution >= 0.6 is 11.3 Å². The second-order valence-electron chi connectivity index (χ2n) is 6.50. The molecule has 0 spiro atoms. The number of thiophene rings is 1. The number of carbonyl (C=O) groups is 3. The minimum absolute atomic E-state index is 0.0290. The minimum atomic E-state index is -1.25. The summed E-state index contributed by atoms with van der Waals surface area (Å²) < 4.78 is 10.9. The maximum Gasteiger partial charge on any atom is 0.337 e. The van der Waals surface area contributed by atoms with Crippen LogP contribution in [0.3, 0.4) is 0 Å². The highest BCUT2D eigenvalue weighted by molar-refractivity contribution is 7.14. The quantitative estimate of drug-likeness (QED) is 0.469. The van der Waals surface area contributed by atoms with Crippen LogP contribution < -0.4 is 16.4 Å². The van der Waals surface area contributed by atoms with E-state index < -0.39 is 24.1 Å². The van der Waals surface area contributed by atoms with E-state index in [1.54, 1.807) is 0 Å². The Morgan fingerprint density at radius 3 is 2.64 bits per heavy atom. The normalized spacial score (nSPS) is 21.0. The van der Waals surface area contributed by atoms with Crippen molar-refractivity contribution < 1.29 is 29.0 Å². The Labute approximate surface area is 166 Å². The summed E-state index contributed by atoms with van der Waals surface area (Å²) >= 11 is 1.00. The van der Waals surface area contributed by atoms with Crippen LogP contribution in [0.25, 0.3) is 0 Å². The highest BCUT2D eigenvalue weighted by Crippen LogP contribution is 2.37. The molecule has 28 heavy (non-hydrogen) atoms. The predicted octanol–water partition coefficient (Wildman–Crippen LogP) is -0.499. The van der Waals surface area contributed by atoms with Gasteiger partial charge in [0.15, 0.2) is 0 Å². The summed E-state index contributed by atoms with van der Waals surface area (Å²) in [5.41, 5.74) is 5.61. The number of hydrogen-bond donors (Lipinski definition) is 4. The summed E-state index contributed by atoms with van der Waals surface area (Å²) in [5.74, 6) is -2.34. The van der Waals surface area contributed by atoms with Gasteiger partial charge in [0.05, 0.1) is 38.0 Å². The van der Waals surface area contributed by atoms with Crippen molar-refractivity contribution in [3.05, 3.63) is 20.9 Å². The van der Waals surface area contributed by atoms with E-state index in [1.165, 1.54) is 0 Å². The van der Waals surface area contributed by atoms with E-state index in [2.05, 4.69) is 10.6 Å². The molecule has 3 rings (SSSR count). The van der Waals surface area contributed by atoms with Gasteiger partial charge in [0, 0.05) is 23.5 Å². The maximum atomic E-state index is 13.0. The van der Waals surface area contributed by atoms with Crippen molar-refractivity contribution in [2.24, 2.45) is 5.73 Å². The van der Waals surface area contributed by atoms with Crippen LogP contribution in [0.2, 0.25) is 0 Å². The first-order chi connectivity index (χ1) is 13.4. The van der Waals surface area contributed by atoms with Crippen LogP contribution in [0.1, 0.15) is 43.4 Å². The van der Waals surface area contributed by atoms with Crippen LogP contribution in [0.5, 0.6) is 0 Å². The molecule has 1 aromatic rings. The number of nitrogens with zero attached hydrogens (tertiary/aromatic N) is 1. The summed E-state index contributed by atoms with van der Waals surface area (Å²) in [6.45, 7) is 5.11. The van der Waals surface area contributed by atoms with E-state index in [0.717, 1.165) is 11.3 Å². The highest BCUT2D eigenvalue weighted by Gasteiger charge is 2.36. The Balaban J connectivity index is 1.86. The molecule has 2 amide bonds. The first-order valence-electron chi connectivity index (χ1n) is 9.06. The number of amides is 2. The van der Waals surface area contributed by atoms with Crippen LogP contribution in [0, 0.1) is 0 Å². The van der Waals surface area contributed by atoms with Crippen molar-refractivity contribution in [1.29, 1.82) is 0 Å². The molecule has 1 saturated heterocycles. The summed E-state index contributed by atoms with van der Waals surface area (Å²) in [7, 11) is 0. The Bertz CT molecular complexity index is 761. The number of carboxylic acids is 1. The summed E-state index contributed by atoms with van der Waals surface area (Å²) in [6, 6.07) is -0.672. The first-order valence-corrected chi connectivity index (χ1v) is 9.87. The Hall–Kier alpha value is -2.05. The molecule has 2 aliphatic heterocycles. The molecule has 0 aliphatic carbocycles. The molecule has 1 fully saturated rings. The molecule has 2 unspecified atom stereocenters. The standard InChI is InChI=1S/C17H24N4O6S/c1-2-19-15(21-3-5-26-6-4-21)16(23)20-9-7-27-8-10-11(9)12(17(24)25)13(28-10)14(18)22/h9,15,19H,2-8H2,1H3,(H2,18,22)(H,20,23)(H,24,25). The summed E-state index contributed by atoms with van der Waals surface area (Å²) in [5, 5.41) is 15.7. The molecular formula is C17H24N4O6S. The number of hydrogen-bond acceptors (Lipinski definition) is 8. The maximum absolute atomic E-state index is 13.0. The average molecular weight is 412 g/mol. The molecule has 2 atom stereocenters. The number of primary amides is 1. The number of aromatic carboxylic acids is 1. The fourth-order valence-electron chi connectivity index (χ4n) is 3.49. The lowest BCUT2D eigenvalue weighted by molar-refractivity contribution is -0.131. The predicted molar refractivity (Wildman–Crippen MR) is 100 cm³/mol. The van der Waals surface area contributed by atoms with Gasteiger partial charge < -0.3 is 25.6 Å². The number of ether oxygens (including phenoxy) is 2. The molecule has 10 nitrogen and oxygen atoms in total. The van der Waals surface area contributed by atoms with Gasteiger partial charge in [-0.2, -0.15) is 0 Å². The van der Waals surface area contributed by atoms with Gasteiger partial charge in [-0.3, -0.25) is 19.8 Å². The molecule has 0 aromatic carbocycles. The van der Waals surface area contributed by atoms with Gasteiger partial charge in [0.2, 0.25) is 0 Å². The van der Waals surface area contributed by atoms with Gasteiger partial charge in [0.1, 0.15) is 11.0 Å². The van der Waals surface area contributed by atoms with Gasteiger partial charge in [-0.25, -0.2) is 4.79 Å². The smallest absolute Gasteiger partial charge is 0.337 e. The zero-order chi connectivity index (χ0) is 20.3. The molecule has 5 N–H and O–H groups in total. The van der Waals surface area contributed by atoms with Crippen LogP contribution in [-0.4, -0.2) is 73.4 Å². The second kappa shape index (κ2) is 8.97. The Morgan fingerprint density at radius 1 is 1.32 bits per heavy atom. The Kier molecular flexibility index (Phi) is 6.62. The third-order valence-corrected chi connectivity index (χ3v) is 5.89. The van der Waals surface area contributed by atoms with E-state index in [-0.39, 0.29) is 29.6 Å². The molecule has 3 heterocycles. The molecule has 11 heteroatoms. The lowest BCUT2D eigenvalue weighted by atomic mass is 9.99. The summed E-state index contributed by atoms with van der Waals surface area (Å²) in [4.78, 5) is 39.0. The molecular weight excluding hydrogens is 388 g/mol. The number of carboxylic acid groups (broad SMARTS) is 1. The minimum Gasteiger partial charge on any atom is -0.478 e. The number of morpholine rings is 1. The van der Waals surface area contributed by atoms with E-state index in [0.29, 0.717) is 43.3 Å². The van der Waals surface area contributed by atoms with Crippen LogP contribution in [-0.2, 0) is 20.9 Å². The lowest BCUT2D eigenvalue weighted by Gasteiger charge is -2.35. The average Bonchev–Trinajstić information content (AvgIpc) is 3.08. The van der Waals surface area contributed by atoms with E-state index >= 15 is 0 Å².